The number of ether oxygens (including phenoxy) is 1. The summed E-state index contributed by atoms with van der Waals surface area (Å²) in [5, 5.41) is 12.8. The molecule has 4 nitrogen and oxygen atoms in total. The molecule has 0 radical (unpaired) electrons. The van der Waals surface area contributed by atoms with E-state index in [-0.39, 0.29) is 18.3 Å². The Kier molecular flexibility index (Phi) is 7.01. The van der Waals surface area contributed by atoms with Crippen molar-refractivity contribution in [2.24, 2.45) is 16.9 Å². The molecular formula is C9H18N2O2. The second-order valence-electron chi connectivity index (χ2n) is 2.84. The number of hydrazone groups is 1. The van der Waals surface area contributed by atoms with Crippen molar-refractivity contribution in [2.45, 2.75) is 19.8 Å². The predicted octanol–water partition coefficient (Wildman–Crippen LogP) is 1.44. The second-order valence-corrected chi connectivity index (χ2v) is 2.84. The lowest BCUT2D eigenvalue weighted by atomic mass is 10.0. The summed E-state index contributed by atoms with van der Waals surface area (Å²) in [4.78, 5) is 0. The SMILES string of the molecule is CCCC(/C=N/N)/C=C(/O)COC. The number of aliphatic hydroxyl groups is 1. The van der Waals surface area contributed by atoms with Crippen LogP contribution >= 0.6 is 0 Å². The van der Waals surface area contributed by atoms with Gasteiger partial charge in [-0.3, -0.25) is 0 Å². The van der Waals surface area contributed by atoms with Gasteiger partial charge in [-0.25, -0.2) is 0 Å². The smallest absolute Gasteiger partial charge is 0.115 e. The van der Waals surface area contributed by atoms with E-state index in [1.165, 1.54) is 7.11 Å². The van der Waals surface area contributed by atoms with Crippen LogP contribution in [0.5, 0.6) is 0 Å². The molecule has 0 aromatic carbocycles. The highest BCUT2D eigenvalue weighted by atomic mass is 16.5. The summed E-state index contributed by atoms with van der Waals surface area (Å²) < 4.78 is 4.77. The first-order valence-electron chi connectivity index (χ1n) is 4.36. The van der Waals surface area contributed by atoms with E-state index in [0.29, 0.717) is 0 Å². The van der Waals surface area contributed by atoms with Gasteiger partial charge >= 0.3 is 0 Å². The molecule has 1 atom stereocenters. The lowest BCUT2D eigenvalue weighted by Gasteiger charge is -2.05. The molecule has 4 heteroatoms. The third kappa shape index (κ3) is 6.16. The molecule has 0 fully saturated rings. The zero-order valence-electron chi connectivity index (χ0n) is 8.23. The number of hydrogen-bond acceptors (Lipinski definition) is 4. The normalized spacial score (nSPS) is 15.1. The molecule has 0 rings (SSSR count). The fourth-order valence-corrected chi connectivity index (χ4v) is 1.09. The van der Waals surface area contributed by atoms with Gasteiger partial charge in [-0.2, -0.15) is 5.10 Å². The van der Waals surface area contributed by atoms with Crippen molar-refractivity contribution in [3.8, 4) is 0 Å². The highest BCUT2D eigenvalue weighted by Crippen LogP contribution is 2.07. The van der Waals surface area contributed by atoms with Gasteiger partial charge < -0.3 is 15.7 Å². The molecular weight excluding hydrogens is 168 g/mol. The summed E-state index contributed by atoms with van der Waals surface area (Å²) in [6.45, 7) is 2.30. The van der Waals surface area contributed by atoms with Crippen LogP contribution in [0.2, 0.25) is 0 Å². The van der Waals surface area contributed by atoms with Crippen molar-refractivity contribution in [1.82, 2.24) is 0 Å². The van der Waals surface area contributed by atoms with Crippen molar-refractivity contribution < 1.29 is 9.84 Å². The van der Waals surface area contributed by atoms with Crippen molar-refractivity contribution in [3.63, 3.8) is 0 Å². The number of nitrogens with two attached hydrogens (primary N) is 1. The van der Waals surface area contributed by atoms with Gasteiger partial charge in [0.15, 0.2) is 0 Å². The Morgan fingerprint density at radius 2 is 2.38 bits per heavy atom. The van der Waals surface area contributed by atoms with Gasteiger partial charge in [-0.05, 0) is 12.5 Å². The molecule has 76 valence electrons. The highest BCUT2D eigenvalue weighted by Gasteiger charge is 2.02. The van der Waals surface area contributed by atoms with Crippen LogP contribution in [0.25, 0.3) is 0 Å². The van der Waals surface area contributed by atoms with E-state index in [0.717, 1.165) is 12.8 Å². The van der Waals surface area contributed by atoms with E-state index in [9.17, 15) is 5.11 Å². The average Bonchev–Trinajstić information content (AvgIpc) is 2.05. The third-order valence-corrected chi connectivity index (χ3v) is 1.60. The zero-order chi connectivity index (χ0) is 10.1. The molecule has 13 heavy (non-hydrogen) atoms. The topological polar surface area (TPSA) is 67.8 Å². The second kappa shape index (κ2) is 7.61. The molecule has 0 amide bonds. The van der Waals surface area contributed by atoms with Crippen LogP contribution in [0.1, 0.15) is 19.8 Å². The molecule has 1 unspecified atom stereocenters. The minimum Gasteiger partial charge on any atom is -0.510 e. The van der Waals surface area contributed by atoms with Crippen LogP contribution in [0.15, 0.2) is 16.9 Å². The minimum absolute atomic E-state index is 0.102. The first kappa shape index (κ1) is 12.0. The molecule has 0 saturated carbocycles. The molecule has 0 aliphatic rings. The monoisotopic (exact) mass is 186 g/mol. The highest BCUT2D eigenvalue weighted by molar-refractivity contribution is 5.62. The molecule has 0 bridgehead atoms. The maximum Gasteiger partial charge on any atom is 0.115 e. The Hall–Kier alpha value is -1.03. The summed E-state index contributed by atoms with van der Waals surface area (Å²) in [6, 6.07) is 0. The number of methoxy groups -OCH3 is 1. The fraction of sp³-hybridized carbons (Fsp3) is 0.667. The maximum atomic E-state index is 9.31. The van der Waals surface area contributed by atoms with Crippen LogP contribution in [-0.4, -0.2) is 25.0 Å². The van der Waals surface area contributed by atoms with Crippen LogP contribution < -0.4 is 5.84 Å². The van der Waals surface area contributed by atoms with Gasteiger partial charge in [-0.1, -0.05) is 13.3 Å². The van der Waals surface area contributed by atoms with Crippen LogP contribution in [0.4, 0.5) is 0 Å². The Balaban J connectivity index is 4.12. The van der Waals surface area contributed by atoms with Gasteiger partial charge in [0.1, 0.15) is 12.4 Å². The van der Waals surface area contributed by atoms with E-state index < -0.39 is 0 Å². The molecule has 0 aliphatic carbocycles. The van der Waals surface area contributed by atoms with Gasteiger partial charge in [0, 0.05) is 19.2 Å². The molecule has 0 saturated heterocycles. The first-order chi connectivity index (χ1) is 6.24. The van der Waals surface area contributed by atoms with Crippen LogP contribution in [-0.2, 0) is 4.74 Å². The van der Waals surface area contributed by atoms with E-state index in [2.05, 4.69) is 12.0 Å². The Morgan fingerprint density at radius 1 is 1.69 bits per heavy atom. The minimum atomic E-state index is 0.102. The van der Waals surface area contributed by atoms with Gasteiger partial charge in [-0.15, -0.1) is 0 Å². The van der Waals surface area contributed by atoms with Gasteiger partial charge in [0.05, 0.1) is 0 Å². The fourth-order valence-electron chi connectivity index (χ4n) is 1.09. The summed E-state index contributed by atoms with van der Waals surface area (Å²) >= 11 is 0. The summed E-state index contributed by atoms with van der Waals surface area (Å²) in [5.41, 5.74) is 0. The van der Waals surface area contributed by atoms with E-state index >= 15 is 0 Å². The van der Waals surface area contributed by atoms with Gasteiger partial charge in [0.2, 0.25) is 0 Å². The molecule has 0 aromatic rings. The number of aliphatic hydroxyl groups excluding tert-OH is 1. The van der Waals surface area contributed by atoms with Crippen molar-refractivity contribution in [2.75, 3.05) is 13.7 Å². The Labute approximate surface area is 79.1 Å². The average molecular weight is 186 g/mol. The predicted molar refractivity (Wildman–Crippen MR) is 53.7 cm³/mol. The summed E-state index contributed by atoms with van der Waals surface area (Å²) in [5.74, 6) is 5.36. The number of nitrogens with zero attached hydrogens (tertiary/aromatic N) is 1. The third-order valence-electron chi connectivity index (χ3n) is 1.60. The molecule has 3 N–H and O–H groups in total. The van der Waals surface area contributed by atoms with E-state index in [4.69, 9.17) is 10.6 Å². The van der Waals surface area contributed by atoms with E-state index in [1.807, 2.05) is 0 Å². The van der Waals surface area contributed by atoms with Crippen molar-refractivity contribution in [3.05, 3.63) is 11.8 Å². The molecule has 0 aliphatic heterocycles. The largest absolute Gasteiger partial charge is 0.510 e. The number of rotatable bonds is 6. The molecule has 0 heterocycles. The van der Waals surface area contributed by atoms with Crippen molar-refractivity contribution in [1.29, 1.82) is 0 Å². The summed E-state index contributed by atoms with van der Waals surface area (Å²) in [6.07, 6.45) is 5.28. The Morgan fingerprint density at radius 3 is 2.85 bits per heavy atom. The zero-order valence-corrected chi connectivity index (χ0v) is 8.23. The Bertz CT molecular complexity index is 178. The van der Waals surface area contributed by atoms with Crippen LogP contribution in [0, 0.1) is 5.92 Å². The standard InChI is InChI=1S/C9H18N2O2/c1-3-4-8(6-11-10)5-9(12)7-13-2/h5-6,8,12H,3-4,7,10H2,1-2H3/b9-5+,11-6+. The van der Waals surface area contributed by atoms with Crippen molar-refractivity contribution >= 4 is 6.21 Å². The lowest BCUT2D eigenvalue weighted by Crippen LogP contribution is -2.03. The van der Waals surface area contributed by atoms with E-state index in [1.54, 1.807) is 12.3 Å². The molecule has 0 aromatic heterocycles. The maximum absolute atomic E-state index is 9.31. The first-order valence-corrected chi connectivity index (χ1v) is 4.36. The van der Waals surface area contributed by atoms with Crippen LogP contribution in [0.3, 0.4) is 0 Å². The van der Waals surface area contributed by atoms with Gasteiger partial charge in [0.25, 0.3) is 0 Å². The number of allylic oxidation sites excluding steroid dienone is 1. The quantitative estimate of drug-likeness (QED) is 0.285. The summed E-state index contributed by atoms with van der Waals surface area (Å²) in [7, 11) is 1.54. The lowest BCUT2D eigenvalue weighted by molar-refractivity contribution is 0.182. The molecule has 0 spiro atoms. The number of hydrogen-bond donors (Lipinski definition) is 2.